The average Bonchev–Trinajstić information content (AvgIpc) is 3.57. The van der Waals surface area contributed by atoms with Gasteiger partial charge in [-0.3, -0.25) is 19.1 Å². The lowest BCUT2D eigenvalue weighted by molar-refractivity contribution is 0.0528. The molecule has 2 aromatic carbocycles. The zero-order valence-electron chi connectivity index (χ0n) is 18.1. The summed E-state index contributed by atoms with van der Waals surface area (Å²) in [5.74, 6) is 0.419. The Morgan fingerprint density at radius 2 is 1.55 bits per heavy atom. The van der Waals surface area contributed by atoms with Gasteiger partial charge in [0.1, 0.15) is 11.0 Å². The molecule has 1 fully saturated rings. The summed E-state index contributed by atoms with van der Waals surface area (Å²) in [7, 11) is 0. The molecule has 0 spiro atoms. The van der Waals surface area contributed by atoms with Crippen LogP contribution in [0.5, 0.6) is 0 Å². The summed E-state index contributed by atoms with van der Waals surface area (Å²) in [6.45, 7) is 2.38. The van der Waals surface area contributed by atoms with E-state index in [1.165, 1.54) is 0 Å². The van der Waals surface area contributed by atoms with Crippen molar-refractivity contribution in [3.05, 3.63) is 108 Å². The molecular formula is C26H24N4O2S. The van der Waals surface area contributed by atoms with Gasteiger partial charge in [-0.25, -0.2) is 4.98 Å². The molecule has 6 nitrogen and oxygen atoms in total. The first-order valence-electron chi connectivity index (χ1n) is 11.0. The number of amides is 1. The van der Waals surface area contributed by atoms with E-state index in [-0.39, 0.29) is 11.7 Å². The fourth-order valence-corrected chi connectivity index (χ4v) is 5.02. The van der Waals surface area contributed by atoms with Crippen LogP contribution >= 0.6 is 11.3 Å². The number of hydrogen-bond acceptors (Lipinski definition) is 5. The number of ketones is 1. The van der Waals surface area contributed by atoms with E-state index in [1.54, 1.807) is 17.5 Å². The SMILES string of the molecule is O=C(c1nccn1-c1cccs1)[C@H](c1ccccc1)N1CCN(C(=O)c2ccccc2)CC1. The second kappa shape index (κ2) is 9.52. The zero-order valence-corrected chi connectivity index (χ0v) is 18.9. The van der Waals surface area contributed by atoms with Crippen molar-refractivity contribution < 1.29 is 9.59 Å². The third-order valence-electron chi connectivity index (χ3n) is 5.96. The number of thiophene rings is 1. The van der Waals surface area contributed by atoms with E-state index >= 15 is 0 Å². The number of aromatic nitrogens is 2. The third kappa shape index (κ3) is 4.37. The number of benzene rings is 2. The smallest absolute Gasteiger partial charge is 0.253 e. The molecule has 4 aromatic rings. The number of nitrogens with zero attached hydrogens (tertiary/aromatic N) is 4. The highest BCUT2D eigenvalue weighted by molar-refractivity contribution is 7.12. The Bertz CT molecular complexity index is 1210. The lowest BCUT2D eigenvalue weighted by atomic mass is 9.99. The first-order valence-corrected chi connectivity index (χ1v) is 11.8. The molecule has 33 heavy (non-hydrogen) atoms. The van der Waals surface area contributed by atoms with Gasteiger partial charge in [-0.1, -0.05) is 48.5 Å². The monoisotopic (exact) mass is 456 g/mol. The van der Waals surface area contributed by atoms with Crippen LogP contribution in [0.1, 0.15) is 32.6 Å². The Morgan fingerprint density at radius 3 is 2.21 bits per heavy atom. The largest absolute Gasteiger partial charge is 0.336 e. The van der Waals surface area contributed by atoms with Crippen LogP contribution in [0.4, 0.5) is 0 Å². The van der Waals surface area contributed by atoms with Crippen LogP contribution in [-0.2, 0) is 0 Å². The van der Waals surface area contributed by atoms with Crippen LogP contribution in [0, 0.1) is 0 Å². The average molecular weight is 457 g/mol. The second-order valence-corrected chi connectivity index (χ2v) is 8.87. The number of carbonyl (C=O) groups is 2. The molecule has 1 aliphatic rings. The lowest BCUT2D eigenvalue weighted by Gasteiger charge is -2.38. The molecule has 0 radical (unpaired) electrons. The number of carbonyl (C=O) groups excluding carboxylic acids is 2. The summed E-state index contributed by atoms with van der Waals surface area (Å²) in [6, 6.07) is 22.7. The second-order valence-electron chi connectivity index (χ2n) is 7.94. The minimum atomic E-state index is -0.457. The normalized spacial score (nSPS) is 15.3. The summed E-state index contributed by atoms with van der Waals surface area (Å²) in [5.41, 5.74) is 1.63. The quantitative estimate of drug-likeness (QED) is 0.406. The molecule has 1 saturated heterocycles. The van der Waals surface area contributed by atoms with Crippen LogP contribution in [0.2, 0.25) is 0 Å². The third-order valence-corrected chi connectivity index (χ3v) is 6.82. The molecule has 1 atom stereocenters. The standard InChI is InChI=1S/C26H24N4O2S/c31-24(25-27-13-14-30(25)22-12-7-19-33-22)23(20-8-3-1-4-9-20)28-15-17-29(18-16-28)26(32)21-10-5-2-6-11-21/h1-14,19,23H,15-18H2/t23-/m0/s1. The summed E-state index contributed by atoms with van der Waals surface area (Å²) in [5, 5.41) is 2.95. The molecule has 0 aliphatic carbocycles. The number of imidazole rings is 1. The van der Waals surface area contributed by atoms with Gasteiger partial charge in [0, 0.05) is 44.1 Å². The van der Waals surface area contributed by atoms with Crippen molar-refractivity contribution in [2.75, 3.05) is 26.2 Å². The minimum absolute atomic E-state index is 0.0334. The maximum absolute atomic E-state index is 13.9. The molecule has 0 unspecified atom stereocenters. The van der Waals surface area contributed by atoms with Crippen LogP contribution in [-0.4, -0.2) is 57.2 Å². The van der Waals surface area contributed by atoms with Gasteiger partial charge in [0.05, 0.1) is 0 Å². The number of Topliss-reactive ketones (excluding diaryl/α,β-unsaturated/α-hetero) is 1. The van der Waals surface area contributed by atoms with Gasteiger partial charge < -0.3 is 4.90 Å². The maximum Gasteiger partial charge on any atom is 0.253 e. The Hall–Kier alpha value is -3.55. The number of piperazine rings is 1. The Morgan fingerprint density at radius 1 is 0.848 bits per heavy atom. The summed E-state index contributed by atoms with van der Waals surface area (Å²) in [6.07, 6.45) is 3.50. The summed E-state index contributed by atoms with van der Waals surface area (Å²) >= 11 is 1.57. The van der Waals surface area contributed by atoms with Crippen molar-refractivity contribution in [2.24, 2.45) is 0 Å². The van der Waals surface area contributed by atoms with Crippen molar-refractivity contribution in [3.8, 4) is 5.00 Å². The summed E-state index contributed by atoms with van der Waals surface area (Å²) < 4.78 is 1.86. The van der Waals surface area contributed by atoms with Gasteiger partial charge in [0.25, 0.3) is 5.91 Å². The van der Waals surface area contributed by atoms with E-state index in [1.807, 2.05) is 93.8 Å². The van der Waals surface area contributed by atoms with E-state index in [0.717, 1.165) is 10.6 Å². The maximum atomic E-state index is 13.9. The van der Waals surface area contributed by atoms with E-state index in [0.29, 0.717) is 37.6 Å². The predicted molar refractivity (Wildman–Crippen MR) is 129 cm³/mol. The first kappa shape index (κ1) is 21.3. The highest BCUT2D eigenvalue weighted by Crippen LogP contribution is 2.28. The molecule has 0 N–H and O–H groups in total. The van der Waals surface area contributed by atoms with E-state index in [2.05, 4.69) is 9.88 Å². The van der Waals surface area contributed by atoms with E-state index in [9.17, 15) is 9.59 Å². The molecule has 2 aromatic heterocycles. The Kier molecular flexibility index (Phi) is 6.15. The Labute approximate surface area is 196 Å². The molecule has 1 amide bonds. The van der Waals surface area contributed by atoms with E-state index in [4.69, 9.17) is 0 Å². The molecule has 0 saturated carbocycles. The molecule has 1 aliphatic heterocycles. The van der Waals surface area contributed by atoms with Gasteiger partial charge in [-0.05, 0) is 35.2 Å². The Balaban J connectivity index is 1.39. The minimum Gasteiger partial charge on any atom is -0.336 e. The molecule has 166 valence electrons. The van der Waals surface area contributed by atoms with Gasteiger partial charge in [-0.15, -0.1) is 11.3 Å². The first-order chi connectivity index (χ1) is 16.2. The van der Waals surface area contributed by atoms with Crippen LogP contribution in [0.25, 0.3) is 5.00 Å². The molecule has 3 heterocycles. The van der Waals surface area contributed by atoms with E-state index < -0.39 is 6.04 Å². The zero-order chi connectivity index (χ0) is 22.6. The van der Waals surface area contributed by atoms with Gasteiger partial charge >= 0.3 is 0 Å². The van der Waals surface area contributed by atoms with Gasteiger partial charge in [0.2, 0.25) is 5.78 Å². The molecule has 7 heteroatoms. The van der Waals surface area contributed by atoms with Crippen LogP contribution in [0.3, 0.4) is 0 Å². The fourth-order valence-electron chi connectivity index (χ4n) is 4.30. The fraction of sp³-hybridized carbons (Fsp3) is 0.192. The van der Waals surface area contributed by atoms with Gasteiger partial charge in [-0.2, -0.15) is 0 Å². The van der Waals surface area contributed by atoms with Crippen molar-refractivity contribution in [3.63, 3.8) is 0 Å². The number of hydrogen-bond donors (Lipinski definition) is 0. The van der Waals surface area contributed by atoms with Gasteiger partial charge in [0.15, 0.2) is 5.82 Å². The van der Waals surface area contributed by atoms with Crippen LogP contribution in [0.15, 0.2) is 90.6 Å². The predicted octanol–water partition coefficient (Wildman–Crippen LogP) is 4.32. The highest BCUT2D eigenvalue weighted by atomic mass is 32.1. The van der Waals surface area contributed by atoms with Crippen molar-refractivity contribution >= 4 is 23.0 Å². The van der Waals surface area contributed by atoms with Crippen molar-refractivity contribution in [1.82, 2.24) is 19.4 Å². The van der Waals surface area contributed by atoms with Crippen molar-refractivity contribution in [1.29, 1.82) is 0 Å². The summed E-state index contributed by atoms with van der Waals surface area (Å²) in [4.78, 5) is 35.2. The molecular weight excluding hydrogens is 432 g/mol. The highest BCUT2D eigenvalue weighted by Gasteiger charge is 2.34. The van der Waals surface area contributed by atoms with Crippen LogP contribution < -0.4 is 0 Å². The topological polar surface area (TPSA) is 58.4 Å². The lowest BCUT2D eigenvalue weighted by Crippen LogP contribution is -2.51. The number of rotatable bonds is 6. The molecule has 0 bridgehead atoms. The van der Waals surface area contributed by atoms with Crippen molar-refractivity contribution in [2.45, 2.75) is 6.04 Å². The molecule has 5 rings (SSSR count).